The molecule has 2 N–H and O–H groups in total. The molecule has 1 heterocycles. The SMILES string of the molecule is COc1ccc(C=Cc2onc(C)c2NC(C)=O)cc1S(=O)(=O)Nc1ccccc1C. The van der Waals surface area contributed by atoms with Crippen LogP contribution in [0.4, 0.5) is 11.4 Å². The summed E-state index contributed by atoms with van der Waals surface area (Å²) in [6, 6.07) is 11.9. The number of benzene rings is 2. The van der Waals surface area contributed by atoms with Gasteiger partial charge in [-0.15, -0.1) is 0 Å². The molecule has 0 spiro atoms. The van der Waals surface area contributed by atoms with Crippen LogP contribution in [0.15, 0.2) is 51.9 Å². The molecular formula is C22H23N3O5S. The molecule has 8 nitrogen and oxygen atoms in total. The summed E-state index contributed by atoms with van der Waals surface area (Å²) in [6.07, 6.45) is 3.27. The third kappa shape index (κ3) is 5.13. The lowest BCUT2D eigenvalue weighted by molar-refractivity contribution is -0.114. The predicted octanol–water partition coefficient (Wildman–Crippen LogP) is 4.23. The van der Waals surface area contributed by atoms with Gasteiger partial charge < -0.3 is 14.6 Å². The molecule has 0 bridgehead atoms. The number of anilines is 2. The number of rotatable bonds is 7. The minimum absolute atomic E-state index is 0.00348. The molecule has 9 heteroatoms. The average molecular weight is 442 g/mol. The van der Waals surface area contributed by atoms with Crippen LogP contribution < -0.4 is 14.8 Å². The van der Waals surface area contributed by atoms with Crippen LogP contribution in [-0.4, -0.2) is 26.6 Å². The summed E-state index contributed by atoms with van der Waals surface area (Å²) in [6.45, 7) is 4.92. The predicted molar refractivity (Wildman–Crippen MR) is 119 cm³/mol. The van der Waals surface area contributed by atoms with Crippen LogP contribution in [-0.2, 0) is 14.8 Å². The van der Waals surface area contributed by atoms with Crippen LogP contribution in [0.1, 0.15) is 29.5 Å². The van der Waals surface area contributed by atoms with Gasteiger partial charge in [0.2, 0.25) is 5.91 Å². The normalized spacial score (nSPS) is 11.5. The number of ether oxygens (including phenoxy) is 1. The molecule has 0 fully saturated rings. The van der Waals surface area contributed by atoms with E-state index >= 15 is 0 Å². The molecule has 0 radical (unpaired) electrons. The zero-order valence-electron chi connectivity index (χ0n) is 17.6. The molecule has 0 aliphatic carbocycles. The number of carbonyl (C=O) groups is 1. The lowest BCUT2D eigenvalue weighted by Crippen LogP contribution is -2.15. The van der Waals surface area contributed by atoms with Crippen LogP contribution in [0.3, 0.4) is 0 Å². The summed E-state index contributed by atoms with van der Waals surface area (Å²) in [5.41, 5.74) is 2.88. The van der Waals surface area contributed by atoms with Crippen molar-refractivity contribution in [3.8, 4) is 5.75 Å². The Kier molecular flexibility index (Phi) is 6.45. The van der Waals surface area contributed by atoms with Gasteiger partial charge in [0.05, 0.1) is 12.8 Å². The quantitative estimate of drug-likeness (QED) is 0.568. The zero-order chi connectivity index (χ0) is 22.6. The monoisotopic (exact) mass is 441 g/mol. The maximum Gasteiger partial charge on any atom is 0.265 e. The van der Waals surface area contributed by atoms with Gasteiger partial charge in [-0.05, 0) is 49.2 Å². The average Bonchev–Trinajstić information content (AvgIpc) is 3.06. The highest BCUT2D eigenvalue weighted by molar-refractivity contribution is 7.92. The first kappa shape index (κ1) is 22.1. The first-order chi connectivity index (χ1) is 14.7. The number of hydrogen-bond donors (Lipinski definition) is 2. The van der Waals surface area contributed by atoms with Gasteiger partial charge in [0.1, 0.15) is 22.0 Å². The second kappa shape index (κ2) is 9.05. The fourth-order valence-corrected chi connectivity index (χ4v) is 4.23. The Morgan fingerprint density at radius 2 is 1.87 bits per heavy atom. The Morgan fingerprint density at radius 3 is 2.55 bits per heavy atom. The van der Waals surface area contributed by atoms with Gasteiger partial charge in [0.15, 0.2) is 5.76 Å². The fraction of sp³-hybridized carbons (Fsp3) is 0.182. The van der Waals surface area contributed by atoms with Crippen molar-refractivity contribution < 1.29 is 22.5 Å². The van der Waals surface area contributed by atoms with E-state index in [2.05, 4.69) is 15.2 Å². The van der Waals surface area contributed by atoms with E-state index in [4.69, 9.17) is 9.26 Å². The number of aryl methyl sites for hydroxylation is 2. The standard InChI is InChI=1S/C22H23N3O5S/c1-14-7-5-6-8-18(14)25-31(27,28)21-13-17(9-11-19(21)29-4)10-12-20-22(23-16(3)26)15(2)24-30-20/h5-13,25H,1-4H3,(H,23,26). The topological polar surface area (TPSA) is 111 Å². The highest BCUT2D eigenvalue weighted by Crippen LogP contribution is 2.29. The molecule has 0 aliphatic rings. The minimum atomic E-state index is -3.91. The Bertz CT molecular complexity index is 1250. The maximum atomic E-state index is 13.0. The summed E-state index contributed by atoms with van der Waals surface area (Å²) in [7, 11) is -2.49. The number of hydrogen-bond acceptors (Lipinski definition) is 6. The van der Waals surface area contributed by atoms with E-state index in [0.717, 1.165) is 5.56 Å². The van der Waals surface area contributed by atoms with Crippen molar-refractivity contribution in [3.63, 3.8) is 0 Å². The molecule has 1 aromatic heterocycles. The van der Waals surface area contributed by atoms with Crippen molar-refractivity contribution in [2.45, 2.75) is 25.7 Å². The van der Waals surface area contributed by atoms with E-state index in [1.54, 1.807) is 43.3 Å². The minimum Gasteiger partial charge on any atom is -0.495 e. The number of nitrogens with zero attached hydrogens (tertiary/aromatic N) is 1. The summed E-state index contributed by atoms with van der Waals surface area (Å²) < 4.78 is 39.2. The molecule has 3 rings (SSSR count). The summed E-state index contributed by atoms with van der Waals surface area (Å²) in [5, 5.41) is 6.53. The molecule has 31 heavy (non-hydrogen) atoms. The lowest BCUT2D eigenvalue weighted by atomic mass is 10.2. The van der Waals surface area contributed by atoms with E-state index in [0.29, 0.717) is 28.4 Å². The first-order valence-electron chi connectivity index (χ1n) is 9.39. The molecule has 3 aromatic rings. The molecule has 0 saturated carbocycles. The second-order valence-electron chi connectivity index (χ2n) is 6.85. The molecule has 0 aliphatic heterocycles. The summed E-state index contributed by atoms with van der Waals surface area (Å²) in [4.78, 5) is 11.4. The third-order valence-electron chi connectivity index (χ3n) is 4.48. The molecule has 1 amide bonds. The van der Waals surface area contributed by atoms with Gasteiger partial charge in [-0.2, -0.15) is 0 Å². The van der Waals surface area contributed by atoms with Gasteiger partial charge in [-0.25, -0.2) is 8.42 Å². The lowest BCUT2D eigenvalue weighted by Gasteiger charge is -2.13. The van der Waals surface area contributed by atoms with Gasteiger partial charge in [0.25, 0.3) is 10.0 Å². The molecular weight excluding hydrogens is 418 g/mol. The van der Waals surface area contributed by atoms with Crippen molar-refractivity contribution >= 4 is 39.5 Å². The number of nitrogens with one attached hydrogen (secondary N) is 2. The van der Waals surface area contributed by atoms with E-state index in [9.17, 15) is 13.2 Å². The van der Waals surface area contributed by atoms with E-state index in [1.807, 2.05) is 19.1 Å². The van der Waals surface area contributed by atoms with Crippen molar-refractivity contribution in [1.29, 1.82) is 0 Å². The van der Waals surface area contributed by atoms with Crippen LogP contribution >= 0.6 is 0 Å². The Morgan fingerprint density at radius 1 is 1.13 bits per heavy atom. The highest BCUT2D eigenvalue weighted by atomic mass is 32.2. The van der Waals surface area contributed by atoms with Crippen LogP contribution in [0.5, 0.6) is 5.75 Å². The molecule has 2 aromatic carbocycles. The third-order valence-corrected chi connectivity index (χ3v) is 5.87. The van der Waals surface area contributed by atoms with Crippen molar-refractivity contribution in [1.82, 2.24) is 5.16 Å². The van der Waals surface area contributed by atoms with Gasteiger partial charge in [0, 0.05) is 6.92 Å². The van der Waals surface area contributed by atoms with E-state index in [-0.39, 0.29) is 16.6 Å². The van der Waals surface area contributed by atoms with Crippen LogP contribution in [0.25, 0.3) is 12.2 Å². The number of methoxy groups -OCH3 is 1. The Balaban J connectivity index is 1.95. The second-order valence-corrected chi connectivity index (χ2v) is 8.50. The number of para-hydroxylation sites is 1. The number of carbonyl (C=O) groups excluding carboxylic acids is 1. The molecule has 0 atom stereocenters. The summed E-state index contributed by atoms with van der Waals surface area (Å²) in [5.74, 6) is 0.319. The number of amides is 1. The zero-order valence-corrected chi connectivity index (χ0v) is 18.4. The smallest absolute Gasteiger partial charge is 0.265 e. The first-order valence-corrected chi connectivity index (χ1v) is 10.9. The fourth-order valence-electron chi connectivity index (χ4n) is 2.90. The molecule has 0 saturated heterocycles. The van der Waals surface area contributed by atoms with Crippen molar-refractivity contribution in [3.05, 3.63) is 65.0 Å². The highest BCUT2D eigenvalue weighted by Gasteiger charge is 2.21. The van der Waals surface area contributed by atoms with Crippen molar-refractivity contribution in [2.75, 3.05) is 17.1 Å². The maximum absolute atomic E-state index is 13.0. The Hall–Kier alpha value is -3.59. The van der Waals surface area contributed by atoms with Crippen LogP contribution in [0.2, 0.25) is 0 Å². The number of aromatic nitrogens is 1. The van der Waals surface area contributed by atoms with Crippen molar-refractivity contribution in [2.24, 2.45) is 0 Å². The van der Waals surface area contributed by atoms with E-state index < -0.39 is 10.0 Å². The van der Waals surface area contributed by atoms with Gasteiger partial charge in [-0.3, -0.25) is 9.52 Å². The van der Waals surface area contributed by atoms with E-state index in [1.165, 1.54) is 20.1 Å². The van der Waals surface area contributed by atoms with Crippen LogP contribution in [0, 0.1) is 13.8 Å². The number of sulfonamides is 1. The largest absolute Gasteiger partial charge is 0.495 e. The summed E-state index contributed by atoms with van der Waals surface area (Å²) >= 11 is 0. The van der Waals surface area contributed by atoms with Gasteiger partial charge in [-0.1, -0.05) is 35.5 Å². The molecule has 162 valence electrons. The Labute approximate surface area is 181 Å². The molecule has 0 unspecified atom stereocenters. The van der Waals surface area contributed by atoms with Gasteiger partial charge >= 0.3 is 0 Å².